The molecule has 1 heterocycles. The molecule has 0 saturated heterocycles. The molecule has 1 aromatic rings. The molecule has 0 unspecified atom stereocenters. The van der Waals surface area contributed by atoms with Gasteiger partial charge in [-0.2, -0.15) is 10.5 Å². The summed E-state index contributed by atoms with van der Waals surface area (Å²) >= 11 is 0. The molecule has 14 heavy (non-hydrogen) atoms. The van der Waals surface area contributed by atoms with Crippen LogP contribution in [-0.2, 0) is 0 Å². The molecule has 0 amide bonds. The van der Waals surface area contributed by atoms with E-state index < -0.39 is 0 Å². The van der Waals surface area contributed by atoms with Gasteiger partial charge in [0.2, 0.25) is 0 Å². The molecule has 0 saturated carbocycles. The molecule has 0 atom stereocenters. The van der Waals surface area contributed by atoms with E-state index in [-0.39, 0.29) is 13.1 Å². The largest absolute Gasteiger partial charge is 0.394 e. The monoisotopic (exact) mass is 188 g/mol. The van der Waals surface area contributed by atoms with Crippen molar-refractivity contribution in [3.63, 3.8) is 0 Å². The molecule has 0 aliphatic heterocycles. The Labute approximate surface area is 81.2 Å². The molecule has 70 valence electrons. The summed E-state index contributed by atoms with van der Waals surface area (Å²) in [4.78, 5) is 9.11. The smallest absolute Gasteiger partial charge is 0.156 e. The maximum atomic E-state index is 8.53. The Balaban J connectivity index is 2.95. The van der Waals surface area contributed by atoms with Crippen LogP contribution in [0.3, 0.4) is 0 Å². The maximum absolute atomic E-state index is 8.53. The molecule has 6 nitrogen and oxygen atoms in total. The van der Waals surface area contributed by atoms with E-state index in [4.69, 9.17) is 16.3 Å². The predicted octanol–water partition coefficient (Wildman–Crippen LogP) is -0.0876. The second-order valence-corrected chi connectivity index (χ2v) is 2.47. The van der Waals surface area contributed by atoms with Crippen LogP contribution in [0.2, 0.25) is 0 Å². The average molecular weight is 188 g/mol. The highest BCUT2D eigenvalue weighted by molar-refractivity contribution is 5.61. The lowest BCUT2D eigenvalue weighted by molar-refractivity contribution is 0.929. The lowest BCUT2D eigenvalue weighted by Crippen LogP contribution is -2.25. The highest BCUT2D eigenvalue weighted by Crippen LogP contribution is 2.16. The number of aromatic nitrogens is 2. The van der Waals surface area contributed by atoms with Gasteiger partial charge >= 0.3 is 0 Å². The summed E-state index contributed by atoms with van der Waals surface area (Å²) in [6.45, 7) is 0.156. The first-order chi connectivity index (χ1) is 6.79. The molecule has 0 aliphatic carbocycles. The van der Waals surface area contributed by atoms with E-state index in [1.54, 1.807) is 0 Å². The number of hydrogen-bond acceptors (Lipinski definition) is 6. The van der Waals surface area contributed by atoms with Crippen LogP contribution in [0.25, 0.3) is 0 Å². The number of nitrogens with zero attached hydrogens (tertiary/aromatic N) is 5. The van der Waals surface area contributed by atoms with E-state index in [0.29, 0.717) is 11.5 Å². The molecule has 0 aliphatic rings. The van der Waals surface area contributed by atoms with Crippen LogP contribution in [0.5, 0.6) is 0 Å². The van der Waals surface area contributed by atoms with Crippen LogP contribution in [0.15, 0.2) is 12.5 Å². The topological polar surface area (TPSA) is 103 Å². The Kier molecular flexibility index (Phi) is 3.22. The Bertz CT molecular complexity index is 372. The molecule has 1 rings (SSSR count). The molecule has 0 aromatic carbocycles. The molecular weight excluding hydrogens is 180 g/mol. The van der Waals surface area contributed by atoms with Crippen molar-refractivity contribution in [2.75, 3.05) is 23.7 Å². The van der Waals surface area contributed by atoms with Crippen LogP contribution in [0.4, 0.5) is 11.5 Å². The second-order valence-electron chi connectivity index (χ2n) is 2.47. The first-order valence-electron chi connectivity index (χ1n) is 3.84. The Morgan fingerprint density at radius 2 is 2.00 bits per heavy atom. The molecule has 0 spiro atoms. The third-order valence-electron chi connectivity index (χ3n) is 1.54. The van der Waals surface area contributed by atoms with Gasteiger partial charge in [0.15, 0.2) is 5.82 Å². The van der Waals surface area contributed by atoms with Crippen LogP contribution in [0, 0.1) is 22.7 Å². The fraction of sp³-hybridized carbons (Fsp3) is 0.250. The van der Waals surface area contributed by atoms with Crippen molar-refractivity contribution in [3.8, 4) is 12.1 Å². The first kappa shape index (κ1) is 9.75. The standard InChI is InChI=1S/C8H8N6/c9-1-3-14(4-2-10)8-7(11)5-12-6-13-8/h5-6H,3-4,11H2. The van der Waals surface area contributed by atoms with Crippen LogP contribution < -0.4 is 10.6 Å². The lowest BCUT2D eigenvalue weighted by atomic mass is 10.4. The van der Waals surface area contributed by atoms with Crippen molar-refractivity contribution < 1.29 is 0 Å². The summed E-state index contributed by atoms with van der Waals surface area (Å²) in [6.07, 6.45) is 2.76. The highest BCUT2D eigenvalue weighted by atomic mass is 15.2. The minimum atomic E-state index is 0.0781. The predicted molar refractivity (Wildman–Crippen MR) is 49.9 cm³/mol. The van der Waals surface area contributed by atoms with Gasteiger partial charge in [-0.3, -0.25) is 0 Å². The van der Waals surface area contributed by atoms with Crippen LogP contribution in [0.1, 0.15) is 0 Å². The first-order valence-corrected chi connectivity index (χ1v) is 3.84. The van der Waals surface area contributed by atoms with Gasteiger partial charge in [-0.25, -0.2) is 9.97 Å². The lowest BCUT2D eigenvalue weighted by Gasteiger charge is -2.17. The zero-order chi connectivity index (χ0) is 10.4. The van der Waals surface area contributed by atoms with Crippen molar-refractivity contribution in [1.29, 1.82) is 10.5 Å². The quantitative estimate of drug-likeness (QED) is 0.665. The minimum Gasteiger partial charge on any atom is -0.394 e. The van der Waals surface area contributed by atoms with Gasteiger partial charge in [-0.1, -0.05) is 0 Å². The molecule has 0 radical (unpaired) electrons. The van der Waals surface area contributed by atoms with E-state index in [2.05, 4.69) is 9.97 Å². The number of anilines is 2. The fourth-order valence-electron chi connectivity index (χ4n) is 0.975. The summed E-state index contributed by atoms with van der Waals surface area (Å²) in [5, 5.41) is 17.1. The number of nitriles is 2. The van der Waals surface area contributed by atoms with Gasteiger partial charge in [0.1, 0.15) is 19.4 Å². The zero-order valence-electron chi connectivity index (χ0n) is 7.38. The van der Waals surface area contributed by atoms with Gasteiger partial charge < -0.3 is 10.6 Å². The van der Waals surface area contributed by atoms with Crippen molar-refractivity contribution in [1.82, 2.24) is 9.97 Å². The Morgan fingerprint density at radius 3 is 2.50 bits per heavy atom. The molecule has 0 fully saturated rings. The summed E-state index contributed by atoms with van der Waals surface area (Å²) in [6, 6.07) is 3.87. The second kappa shape index (κ2) is 4.63. The molecule has 1 aromatic heterocycles. The number of nitrogens with two attached hydrogens (primary N) is 1. The maximum Gasteiger partial charge on any atom is 0.156 e. The summed E-state index contributed by atoms with van der Waals surface area (Å²) < 4.78 is 0. The zero-order valence-corrected chi connectivity index (χ0v) is 7.38. The van der Waals surface area contributed by atoms with Gasteiger partial charge in [0.05, 0.1) is 24.0 Å². The van der Waals surface area contributed by atoms with E-state index in [9.17, 15) is 0 Å². The van der Waals surface area contributed by atoms with Crippen LogP contribution >= 0.6 is 0 Å². The third kappa shape index (κ3) is 2.08. The van der Waals surface area contributed by atoms with E-state index in [0.717, 1.165) is 0 Å². The molecule has 6 heteroatoms. The third-order valence-corrected chi connectivity index (χ3v) is 1.54. The van der Waals surface area contributed by atoms with Crippen molar-refractivity contribution in [2.24, 2.45) is 0 Å². The van der Waals surface area contributed by atoms with E-state index in [1.807, 2.05) is 12.1 Å². The molecule has 2 N–H and O–H groups in total. The normalized spacial score (nSPS) is 8.71. The summed E-state index contributed by atoms with van der Waals surface area (Å²) in [5.41, 5.74) is 5.96. The Hall–Kier alpha value is -2.34. The van der Waals surface area contributed by atoms with Gasteiger partial charge in [-0.15, -0.1) is 0 Å². The Morgan fingerprint density at radius 1 is 1.36 bits per heavy atom. The minimum absolute atomic E-state index is 0.0781. The highest BCUT2D eigenvalue weighted by Gasteiger charge is 2.09. The van der Waals surface area contributed by atoms with E-state index in [1.165, 1.54) is 17.4 Å². The number of rotatable bonds is 3. The van der Waals surface area contributed by atoms with Crippen LogP contribution in [-0.4, -0.2) is 23.1 Å². The summed E-state index contributed by atoms with van der Waals surface area (Å²) in [5.74, 6) is 0.420. The number of nitrogen functional groups attached to an aromatic ring is 1. The molecule has 0 bridgehead atoms. The van der Waals surface area contributed by atoms with Crippen molar-refractivity contribution in [3.05, 3.63) is 12.5 Å². The van der Waals surface area contributed by atoms with Crippen molar-refractivity contribution in [2.45, 2.75) is 0 Å². The number of hydrogen-bond donors (Lipinski definition) is 1. The van der Waals surface area contributed by atoms with Gasteiger partial charge in [0, 0.05) is 0 Å². The molecular formula is C8H8N6. The average Bonchev–Trinajstić information content (AvgIpc) is 2.18. The summed E-state index contributed by atoms with van der Waals surface area (Å²) in [7, 11) is 0. The van der Waals surface area contributed by atoms with Gasteiger partial charge in [-0.05, 0) is 0 Å². The van der Waals surface area contributed by atoms with E-state index >= 15 is 0 Å². The fourth-order valence-corrected chi connectivity index (χ4v) is 0.975. The van der Waals surface area contributed by atoms with Gasteiger partial charge in [0.25, 0.3) is 0 Å². The van der Waals surface area contributed by atoms with Crippen molar-refractivity contribution >= 4 is 11.5 Å². The SMILES string of the molecule is N#CCN(CC#N)c1ncncc1N.